The number of benzene rings is 3. The van der Waals surface area contributed by atoms with Crippen LogP contribution in [0.25, 0.3) is 0 Å². The van der Waals surface area contributed by atoms with Crippen molar-refractivity contribution in [3.63, 3.8) is 0 Å². The van der Waals surface area contributed by atoms with Crippen molar-refractivity contribution in [3.8, 4) is 0 Å². The van der Waals surface area contributed by atoms with Crippen molar-refractivity contribution < 1.29 is 19.1 Å². The summed E-state index contributed by atoms with van der Waals surface area (Å²) in [7, 11) is 0. The van der Waals surface area contributed by atoms with Crippen molar-refractivity contribution >= 4 is 58.4 Å². The third kappa shape index (κ3) is 3.76. The van der Waals surface area contributed by atoms with Crippen molar-refractivity contribution in [3.05, 3.63) is 98.5 Å². The van der Waals surface area contributed by atoms with E-state index < -0.39 is 29.4 Å². The van der Waals surface area contributed by atoms with Crippen LogP contribution in [0.1, 0.15) is 42.0 Å². The fourth-order valence-electron chi connectivity index (χ4n) is 5.45. The highest BCUT2D eigenvalue weighted by Crippen LogP contribution is 2.60. The summed E-state index contributed by atoms with van der Waals surface area (Å²) >= 11 is 19.3. The molecule has 0 saturated carbocycles. The Hall–Kier alpha value is -3.06. The first-order valence-electron chi connectivity index (χ1n) is 11.4. The van der Waals surface area contributed by atoms with E-state index in [2.05, 4.69) is 5.32 Å². The van der Waals surface area contributed by atoms with E-state index in [-0.39, 0.29) is 18.9 Å². The molecule has 1 saturated heterocycles. The van der Waals surface area contributed by atoms with Crippen LogP contribution in [0.15, 0.2) is 66.7 Å². The van der Waals surface area contributed by atoms with E-state index in [9.17, 15) is 14.4 Å². The number of halogens is 3. The summed E-state index contributed by atoms with van der Waals surface area (Å²) < 4.78 is 5.26. The molecule has 2 aliphatic heterocycles. The van der Waals surface area contributed by atoms with Crippen LogP contribution in [-0.4, -0.2) is 24.5 Å². The van der Waals surface area contributed by atoms with Gasteiger partial charge in [0.25, 0.3) is 0 Å². The predicted octanol–water partition coefficient (Wildman–Crippen LogP) is 6.43. The molecule has 1 N–H and O–H groups in total. The first-order valence-corrected chi connectivity index (χ1v) is 12.5. The molecule has 184 valence electrons. The molecule has 9 heteroatoms. The minimum absolute atomic E-state index is 0.00817. The lowest BCUT2D eigenvalue weighted by atomic mass is 9.59. The van der Waals surface area contributed by atoms with Gasteiger partial charge in [-0.3, -0.25) is 9.59 Å². The van der Waals surface area contributed by atoms with Crippen LogP contribution in [0.5, 0.6) is 0 Å². The molecule has 0 aliphatic carbocycles. The summed E-state index contributed by atoms with van der Waals surface area (Å²) in [5.41, 5.74) is 0.663. The van der Waals surface area contributed by atoms with Gasteiger partial charge in [-0.25, -0.2) is 9.69 Å². The van der Waals surface area contributed by atoms with Gasteiger partial charge in [-0.05, 0) is 53.9 Å². The number of anilines is 1. The van der Waals surface area contributed by atoms with Crippen LogP contribution in [-0.2, 0) is 19.7 Å². The van der Waals surface area contributed by atoms with Crippen molar-refractivity contribution in [2.75, 3.05) is 11.5 Å². The highest BCUT2D eigenvalue weighted by molar-refractivity contribution is 6.33. The molecule has 3 aromatic carbocycles. The second-order valence-electron chi connectivity index (χ2n) is 8.70. The first kappa shape index (κ1) is 24.6. The Morgan fingerprint density at radius 2 is 1.78 bits per heavy atom. The van der Waals surface area contributed by atoms with Crippen molar-refractivity contribution in [2.24, 2.45) is 0 Å². The highest BCUT2D eigenvalue weighted by atomic mass is 35.5. The van der Waals surface area contributed by atoms with Gasteiger partial charge in [0.05, 0.1) is 18.3 Å². The monoisotopic (exact) mass is 542 g/mol. The summed E-state index contributed by atoms with van der Waals surface area (Å²) in [5.74, 6) is -1.46. The number of carbonyl (C=O) groups excluding carboxylic acids is 3. The van der Waals surface area contributed by atoms with Crippen LogP contribution >= 0.6 is 34.8 Å². The van der Waals surface area contributed by atoms with E-state index in [1.807, 2.05) is 6.07 Å². The van der Waals surface area contributed by atoms with Crippen molar-refractivity contribution in [2.45, 2.75) is 30.7 Å². The van der Waals surface area contributed by atoms with Gasteiger partial charge in [0.15, 0.2) is 0 Å². The van der Waals surface area contributed by atoms with E-state index in [1.54, 1.807) is 67.6 Å². The summed E-state index contributed by atoms with van der Waals surface area (Å²) in [4.78, 5) is 41.9. The second-order valence-corrected chi connectivity index (χ2v) is 9.98. The largest absolute Gasteiger partial charge is 0.449 e. The van der Waals surface area contributed by atoms with E-state index >= 15 is 0 Å². The van der Waals surface area contributed by atoms with Gasteiger partial charge < -0.3 is 10.1 Å². The average molecular weight is 544 g/mol. The number of hydrogen-bond donors (Lipinski definition) is 1. The molecule has 36 heavy (non-hydrogen) atoms. The molecule has 2 aliphatic rings. The van der Waals surface area contributed by atoms with Crippen LogP contribution < -0.4 is 10.2 Å². The third-order valence-corrected chi connectivity index (χ3v) is 7.64. The van der Waals surface area contributed by atoms with Crippen LogP contribution in [0.4, 0.5) is 10.5 Å². The Bertz CT molecular complexity index is 1390. The maximum absolute atomic E-state index is 14.6. The SMILES string of the molecule is CCOC(=O)N1C(=O)[C@]2(c3ccc(Cl)cc31)[C@@H](c1ccccc1Cl)NC(=O)C[C@H]2c1cccc(Cl)c1. The van der Waals surface area contributed by atoms with Gasteiger partial charge >= 0.3 is 6.09 Å². The van der Waals surface area contributed by atoms with Crippen molar-refractivity contribution in [1.82, 2.24) is 5.32 Å². The second kappa shape index (κ2) is 9.43. The molecular formula is C27H21Cl3N2O4. The quantitative estimate of drug-likeness (QED) is 0.413. The zero-order valence-electron chi connectivity index (χ0n) is 19.1. The topological polar surface area (TPSA) is 75.7 Å². The molecule has 3 atom stereocenters. The lowest BCUT2D eigenvalue weighted by Gasteiger charge is -2.46. The number of hydrogen-bond acceptors (Lipinski definition) is 4. The molecule has 3 amide bonds. The van der Waals surface area contributed by atoms with Crippen molar-refractivity contribution in [1.29, 1.82) is 0 Å². The minimum Gasteiger partial charge on any atom is -0.449 e. The molecule has 3 aromatic rings. The molecule has 1 spiro atoms. The van der Waals surface area contributed by atoms with E-state index in [1.165, 1.54) is 0 Å². The average Bonchev–Trinajstić information content (AvgIpc) is 3.09. The molecule has 0 radical (unpaired) electrons. The number of amides is 3. The normalized spacial score (nSPS) is 22.9. The van der Waals surface area contributed by atoms with E-state index in [0.29, 0.717) is 37.4 Å². The van der Waals surface area contributed by atoms with E-state index in [0.717, 1.165) is 4.90 Å². The summed E-state index contributed by atoms with van der Waals surface area (Å²) in [6.07, 6.45) is -0.825. The van der Waals surface area contributed by atoms with Gasteiger partial charge in [-0.15, -0.1) is 0 Å². The first-order chi connectivity index (χ1) is 17.3. The Morgan fingerprint density at radius 1 is 1.03 bits per heavy atom. The van der Waals surface area contributed by atoms with Gasteiger partial charge in [0, 0.05) is 27.4 Å². The number of fused-ring (bicyclic) bond motifs is 2. The number of piperidine rings is 1. The van der Waals surface area contributed by atoms with Gasteiger partial charge in [-0.2, -0.15) is 0 Å². The number of carbonyl (C=O) groups is 3. The fourth-order valence-corrected chi connectivity index (χ4v) is 6.06. The van der Waals surface area contributed by atoms with E-state index in [4.69, 9.17) is 39.5 Å². The van der Waals surface area contributed by atoms with Crippen LogP contribution in [0.3, 0.4) is 0 Å². The lowest BCUT2D eigenvalue weighted by molar-refractivity contribution is -0.132. The van der Waals surface area contributed by atoms with Gasteiger partial charge in [0.1, 0.15) is 5.41 Å². The Morgan fingerprint density at radius 3 is 2.50 bits per heavy atom. The molecule has 0 unspecified atom stereocenters. The number of imide groups is 1. The predicted molar refractivity (Wildman–Crippen MR) is 139 cm³/mol. The molecule has 0 bridgehead atoms. The minimum atomic E-state index is -1.43. The number of ether oxygens (including phenoxy) is 1. The Balaban J connectivity index is 1.86. The fraction of sp³-hybridized carbons (Fsp3) is 0.222. The number of rotatable bonds is 3. The Labute approximate surface area is 223 Å². The summed E-state index contributed by atoms with van der Waals surface area (Å²) in [5, 5.41) is 4.20. The zero-order valence-corrected chi connectivity index (χ0v) is 21.4. The zero-order chi connectivity index (χ0) is 25.6. The standard InChI is InChI=1S/C27H21Cl3N2O4/c1-2-36-26(35)32-22-13-17(29)10-11-19(22)27(25(32)34)20(15-6-5-7-16(28)12-15)14-23(33)31-24(27)18-8-3-4-9-21(18)30/h3-13,20,24H,2,14H2,1H3,(H,31,33)/t20-,24+,27-/m0/s1. The van der Waals surface area contributed by atoms with Gasteiger partial charge in [0.2, 0.25) is 11.8 Å². The molecule has 0 aromatic heterocycles. The molecule has 6 nitrogen and oxygen atoms in total. The summed E-state index contributed by atoms with van der Waals surface area (Å²) in [6.45, 7) is 1.74. The van der Waals surface area contributed by atoms with Crippen LogP contribution in [0, 0.1) is 0 Å². The lowest BCUT2D eigenvalue weighted by Crippen LogP contribution is -2.58. The number of nitrogens with zero attached hydrogens (tertiary/aromatic N) is 1. The third-order valence-electron chi connectivity index (χ3n) is 6.82. The molecule has 1 fully saturated rings. The number of nitrogens with one attached hydrogen (secondary N) is 1. The maximum Gasteiger partial charge on any atom is 0.421 e. The molecule has 5 rings (SSSR count). The summed E-state index contributed by atoms with van der Waals surface area (Å²) in [6, 6.07) is 18.2. The smallest absolute Gasteiger partial charge is 0.421 e. The maximum atomic E-state index is 14.6. The van der Waals surface area contributed by atoms with Crippen LogP contribution in [0.2, 0.25) is 15.1 Å². The Kier molecular flexibility index (Phi) is 6.45. The van der Waals surface area contributed by atoms with Gasteiger partial charge in [-0.1, -0.05) is 71.2 Å². The molecule has 2 heterocycles. The molecular weight excluding hydrogens is 523 g/mol. The highest BCUT2D eigenvalue weighted by Gasteiger charge is 2.65.